The molecule has 1 atom stereocenters. The van der Waals surface area contributed by atoms with Crippen molar-refractivity contribution in [3.63, 3.8) is 0 Å². The molecule has 2 rings (SSSR count). The van der Waals surface area contributed by atoms with E-state index in [9.17, 15) is 4.79 Å². The SMILES string of the molecule is Cc1cc(C)c2c(c1)N(C(=O)[C@H](C)N)CCC2. The molecule has 1 heterocycles. The summed E-state index contributed by atoms with van der Waals surface area (Å²) in [6, 6.07) is 3.85. The van der Waals surface area contributed by atoms with E-state index in [4.69, 9.17) is 5.73 Å². The second-order valence-electron chi connectivity index (χ2n) is 4.96. The van der Waals surface area contributed by atoms with Gasteiger partial charge in [0.15, 0.2) is 0 Å². The van der Waals surface area contributed by atoms with Gasteiger partial charge in [-0.05, 0) is 56.4 Å². The predicted molar refractivity (Wildman–Crippen MR) is 70.2 cm³/mol. The molecule has 0 aliphatic carbocycles. The van der Waals surface area contributed by atoms with E-state index in [1.807, 2.05) is 4.90 Å². The van der Waals surface area contributed by atoms with E-state index in [-0.39, 0.29) is 5.91 Å². The lowest BCUT2D eigenvalue weighted by molar-refractivity contribution is -0.119. The van der Waals surface area contributed by atoms with Gasteiger partial charge in [-0.2, -0.15) is 0 Å². The average Bonchev–Trinajstić information content (AvgIpc) is 2.27. The Kier molecular flexibility index (Phi) is 3.20. The summed E-state index contributed by atoms with van der Waals surface area (Å²) in [5.41, 5.74) is 10.6. The van der Waals surface area contributed by atoms with Gasteiger partial charge >= 0.3 is 0 Å². The van der Waals surface area contributed by atoms with Gasteiger partial charge in [-0.15, -0.1) is 0 Å². The number of nitrogens with zero attached hydrogens (tertiary/aromatic N) is 1. The molecular weight excluding hydrogens is 212 g/mol. The summed E-state index contributed by atoms with van der Waals surface area (Å²) in [5.74, 6) is 0.0240. The molecule has 0 unspecified atom stereocenters. The minimum atomic E-state index is -0.429. The van der Waals surface area contributed by atoms with Gasteiger partial charge < -0.3 is 10.6 Å². The number of amides is 1. The zero-order valence-corrected chi connectivity index (χ0v) is 10.8. The number of hydrogen-bond acceptors (Lipinski definition) is 2. The molecular formula is C14H20N2O. The van der Waals surface area contributed by atoms with Gasteiger partial charge in [0.25, 0.3) is 0 Å². The molecule has 92 valence electrons. The van der Waals surface area contributed by atoms with E-state index in [2.05, 4.69) is 26.0 Å². The molecule has 0 saturated carbocycles. The summed E-state index contributed by atoms with van der Waals surface area (Å²) in [6.07, 6.45) is 2.08. The molecule has 0 bridgehead atoms. The molecule has 3 heteroatoms. The lowest BCUT2D eigenvalue weighted by Crippen LogP contribution is -2.44. The molecule has 0 spiro atoms. The number of anilines is 1. The highest BCUT2D eigenvalue weighted by molar-refractivity contribution is 5.98. The van der Waals surface area contributed by atoms with Crippen molar-refractivity contribution in [1.82, 2.24) is 0 Å². The zero-order valence-electron chi connectivity index (χ0n) is 10.8. The standard InChI is InChI=1S/C14H20N2O/c1-9-7-10(2)12-5-4-6-16(13(12)8-9)14(17)11(3)15/h7-8,11H,4-6,15H2,1-3H3/t11-/m0/s1. The molecule has 1 amide bonds. The number of hydrogen-bond donors (Lipinski definition) is 1. The Balaban J connectivity index is 2.47. The minimum absolute atomic E-state index is 0.0240. The maximum absolute atomic E-state index is 12.1. The van der Waals surface area contributed by atoms with E-state index in [0.717, 1.165) is 25.1 Å². The van der Waals surface area contributed by atoms with Crippen molar-refractivity contribution >= 4 is 11.6 Å². The second-order valence-corrected chi connectivity index (χ2v) is 4.96. The topological polar surface area (TPSA) is 46.3 Å². The van der Waals surface area contributed by atoms with E-state index in [1.54, 1.807) is 6.92 Å². The van der Waals surface area contributed by atoms with Crippen molar-refractivity contribution in [2.24, 2.45) is 5.73 Å². The molecule has 0 saturated heterocycles. The van der Waals surface area contributed by atoms with Crippen molar-refractivity contribution in [3.05, 3.63) is 28.8 Å². The van der Waals surface area contributed by atoms with Crippen LogP contribution in [0.15, 0.2) is 12.1 Å². The number of fused-ring (bicyclic) bond motifs is 1. The third-order valence-electron chi connectivity index (χ3n) is 3.35. The smallest absolute Gasteiger partial charge is 0.243 e. The Morgan fingerprint density at radius 3 is 2.76 bits per heavy atom. The molecule has 1 aromatic rings. The average molecular weight is 232 g/mol. The maximum Gasteiger partial charge on any atom is 0.243 e. The van der Waals surface area contributed by atoms with Crippen molar-refractivity contribution in [3.8, 4) is 0 Å². The first-order valence-corrected chi connectivity index (χ1v) is 6.18. The molecule has 3 nitrogen and oxygen atoms in total. The lowest BCUT2D eigenvalue weighted by atomic mass is 9.94. The van der Waals surface area contributed by atoms with Crippen LogP contribution in [0.1, 0.15) is 30.0 Å². The number of benzene rings is 1. The van der Waals surface area contributed by atoms with Crippen LogP contribution in [0.25, 0.3) is 0 Å². The number of nitrogens with two attached hydrogens (primary N) is 1. The normalized spacial score (nSPS) is 16.6. The number of carbonyl (C=O) groups is 1. The van der Waals surface area contributed by atoms with Crippen molar-refractivity contribution < 1.29 is 4.79 Å². The lowest BCUT2D eigenvalue weighted by Gasteiger charge is -2.32. The van der Waals surface area contributed by atoms with E-state index in [0.29, 0.717) is 0 Å². The summed E-state index contributed by atoms with van der Waals surface area (Å²) in [7, 11) is 0. The van der Waals surface area contributed by atoms with Gasteiger partial charge in [0.05, 0.1) is 6.04 Å². The van der Waals surface area contributed by atoms with Crippen LogP contribution < -0.4 is 10.6 Å². The van der Waals surface area contributed by atoms with Crippen LogP contribution in [0.2, 0.25) is 0 Å². The number of aryl methyl sites for hydroxylation is 2. The van der Waals surface area contributed by atoms with Gasteiger partial charge in [-0.25, -0.2) is 0 Å². The van der Waals surface area contributed by atoms with Gasteiger partial charge in [0.1, 0.15) is 0 Å². The van der Waals surface area contributed by atoms with E-state index in [1.165, 1.54) is 16.7 Å². The Morgan fingerprint density at radius 1 is 1.41 bits per heavy atom. The Morgan fingerprint density at radius 2 is 2.12 bits per heavy atom. The fourth-order valence-electron chi connectivity index (χ4n) is 2.55. The van der Waals surface area contributed by atoms with Gasteiger partial charge in [-0.3, -0.25) is 4.79 Å². The molecule has 17 heavy (non-hydrogen) atoms. The van der Waals surface area contributed by atoms with Crippen LogP contribution in [-0.4, -0.2) is 18.5 Å². The molecule has 0 fully saturated rings. The number of rotatable bonds is 1. The van der Waals surface area contributed by atoms with Crippen LogP contribution >= 0.6 is 0 Å². The second kappa shape index (κ2) is 4.49. The maximum atomic E-state index is 12.1. The molecule has 2 N–H and O–H groups in total. The van der Waals surface area contributed by atoms with Crippen LogP contribution in [0.5, 0.6) is 0 Å². The summed E-state index contributed by atoms with van der Waals surface area (Å²) in [4.78, 5) is 13.9. The highest BCUT2D eigenvalue weighted by Crippen LogP contribution is 2.31. The monoisotopic (exact) mass is 232 g/mol. The van der Waals surface area contributed by atoms with Crippen molar-refractivity contribution in [2.45, 2.75) is 39.7 Å². The van der Waals surface area contributed by atoms with Gasteiger partial charge in [0.2, 0.25) is 5.91 Å². The van der Waals surface area contributed by atoms with E-state index < -0.39 is 6.04 Å². The minimum Gasteiger partial charge on any atom is -0.320 e. The summed E-state index contributed by atoms with van der Waals surface area (Å²) in [5, 5.41) is 0. The third-order valence-corrected chi connectivity index (χ3v) is 3.35. The fourth-order valence-corrected chi connectivity index (χ4v) is 2.55. The first-order chi connectivity index (χ1) is 8.00. The van der Waals surface area contributed by atoms with Gasteiger partial charge in [-0.1, -0.05) is 6.07 Å². The van der Waals surface area contributed by atoms with Gasteiger partial charge in [0, 0.05) is 12.2 Å². The van der Waals surface area contributed by atoms with Crippen LogP contribution in [0, 0.1) is 13.8 Å². The Bertz CT molecular complexity index is 452. The highest BCUT2D eigenvalue weighted by Gasteiger charge is 2.25. The largest absolute Gasteiger partial charge is 0.320 e. The third kappa shape index (κ3) is 2.20. The van der Waals surface area contributed by atoms with Crippen molar-refractivity contribution in [2.75, 3.05) is 11.4 Å². The van der Waals surface area contributed by atoms with Crippen LogP contribution in [0.4, 0.5) is 5.69 Å². The Labute approximate surface area is 103 Å². The van der Waals surface area contributed by atoms with Crippen molar-refractivity contribution in [1.29, 1.82) is 0 Å². The summed E-state index contributed by atoms with van der Waals surface area (Å²) >= 11 is 0. The first-order valence-electron chi connectivity index (χ1n) is 6.18. The van der Waals surface area contributed by atoms with E-state index >= 15 is 0 Å². The van der Waals surface area contributed by atoms with Crippen LogP contribution in [0.3, 0.4) is 0 Å². The summed E-state index contributed by atoms with van der Waals surface area (Å²) in [6.45, 7) is 6.72. The molecule has 1 aromatic carbocycles. The molecule has 1 aliphatic rings. The molecule has 0 aromatic heterocycles. The predicted octanol–water partition coefficient (Wildman–Crippen LogP) is 1.93. The zero-order chi connectivity index (χ0) is 12.6. The molecule has 0 radical (unpaired) electrons. The quantitative estimate of drug-likeness (QED) is 0.804. The highest BCUT2D eigenvalue weighted by atomic mass is 16.2. The first kappa shape index (κ1) is 12.1. The molecule has 1 aliphatic heterocycles. The fraction of sp³-hybridized carbons (Fsp3) is 0.500. The number of carbonyl (C=O) groups excluding carboxylic acids is 1. The van der Waals surface area contributed by atoms with Crippen LogP contribution in [-0.2, 0) is 11.2 Å². The summed E-state index contributed by atoms with van der Waals surface area (Å²) < 4.78 is 0. The Hall–Kier alpha value is -1.35.